The fourth-order valence-corrected chi connectivity index (χ4v) is 3.41. The van der Waals surface area contributed by atoms with E-state index >= 15 is 0 Å². The molecule has 0 aliphatic heterocycles. The third-order valence-electron chi connectivity index (χ3n) is 5.34. The van der Waals surface area contributed by atoms with E-state index in [1.165, 1.54) is 0 Å². The summed E-state index contributed by atoms with van der Waals surface area (Å²) < 4.78 is 13.8. The molecule has 2 aromatic carbocycles. The fourth-order valence-electron chi connectivity index (χ4n) is 3.41. The molecule has 1 atom stereocenters. The molecule has 0 spiro atoms. The van der Waals surface area contributed by atoms with Gasteiger partial charge in [-0.05, 0) is 30.2 Å². The summed E-state index contributed by atoms with van der Waals surface area (Å²) in [4.78, 5) is 16.6. The maximum absolute atomic E-state index is 12.6. The molecule has 4 aromatic rings. The molecule has 8 heteroatoms. The summed E-state index contributed by atoms with van der Waals surface area (Å²) in [5.41, 5.74) is 3.03. The number of ether oxygens (including phenoxy) is 2. The zero-order valence-electron chi connectivity index (χ0n) is 19.2. The minimum atomic E-state index is -0.535. The molecule has 1 N–H and O–H groups in total. The van der Waals surface area contributed by atoms with Crippen molar-refractivity contribution in [1.29, 1.82) is 0 Å². The van der Waals surface area contributed by atoms with E-state index in [2.05, 4.69) is 20.5 Å². The first-order valence-corrected chi connectivity index (χ1v) is 11.0. The Bertz CT molecular complexity index is 1260. The highest BCUT2D eigenvalue weighted by Crippen LogP contribution is 2.22. The van der Waals surface area contributed by atoms with Crippen LogP contribution in [0.1, 0.15) is 29.9 Å². The zero-order valence-corrected chi connectivity index (χ0v) is 19.2. The van der Waals surface area contributed by atoms with Gasteiger partial charge in [-0.15, -0.1) is 10.2 Å². The van der Waals surface area contributed by atoms with Crippen LogP contribution in [-0.2, 0) is 22.7 Å². The summed E-state index contributed by atoms with van der Waals surface area (Å²) in [7, 11) is 1.58. The summed E-state index contributed by atoms with van der Waals surface area (Å²) in [6.07, 6.45) is 1.84. The lowest BCUT2D eigenvalue weighted by Gasteiger charge is -2.18. The number of nitrogens with one attached hydrogen (secondary N) is 1. The molecule has 0 saturated heterocycles. The number of carbonyl (C=O) groups excluding carboxylic acids is 1. The van der Waals surface area contributed by atoms with Gasteiger partial charge in [0.05, 0.1) is 18.9 Å². The van der Waals surface area contributed by atoms with Gasteiger partial charge in [0, 0.05) is 13.2 Å². The second-order valence-corrected chi connectivity index (χ2v) is 7.73. The van der Waals surface area contributed by atoms with E-state index in [9.17, 15) is 4.79 Å². The molecule has 8 nitrogen and oxygen atoms in total. The van der Waals surface area contributed by atoms with E-state index < -0.39 is 6.04 Å². The average molecular weight is 458 g/mol. The third-order valence-corrected chi connectivity index (χ3v) is 5.34. The van der Waals surface area contributed by atoms with Crippen LogP contribution in [0.3, 0.4) is 0 Å². The molecule has 34 heavy (non-hydrogen) atoms. The molecule has 0 fully saturated rings. The van der Waals surface area contributed by atoms with Gasteiger partial charge in [-0.25, -0.2) is 0 Å². The van der Waals surface area contributed by atoms with E-state index in [0.29, 0.717) is 36.1 Å². The summed E-state index contributed by atoms with van der Waals surface area (Å²) in [6.45, 7) is 2.70. The van der Waals surface area contributed by atoms with E-state index in [4.69, 9.17) is 9.47 Å². The highest BCUT2D eigenvalue weighted by molar-refractivity contribution is 6.37. The molecule has 4 rings (SSSR count). The van der Waals surface area contributed by atoms with Gasteiger partial charge in [0.1, 0.15) is 12.6 Å². The topological polar surface area (TPSA) is 90.1 Å². The molecule has 0 unspecified atom stereocenters. The average Bonchev–Trinajstić information content (AvgIpc) is 3.32. The first kappa shape index (κ1) is 23.1. The van der Waals surface area contributed by atoms with Gasteiger partial charge in [0.25, 0.3) is 5.91 Å². The van der Waals surface area contributed by atoms with Crippen LogP contribution in [0.5, 0.6) is 5.75 Å². The predicted molar refractivity (Wildman–Crippen MR) is 130 cm³/mol. The van der Waals surface area contributed by atoms with Crippen molar-refractivity contribution >= 4 is 17.3 Å². The Morgan fingerprint density at radius 2 is 1.65 bits per heavy atom. The van der Waals surface area contributed by atoms with E-state index in [1.54, 1.807) is 14.0 Å². The molecule has 1 amide bonds. The molecule has 0 aliphatic carbocycles. The molecule has 0 radical (unpaired) electrons. The minimum Gasteiger partial charge on any atom is -0.485 e. The number of hydrogen-bond acceptors (Lipinski definition) is 6. The van der Waals surface area contributed by atoms with Crippen molar-refractivity contribution in [3.05, 3.63) is 95.9 Å². The smallest absolute Gasteiger partial charge is 0.265 e. The van der Waals surface area contributed by atoms with Crippen LogP contribution < -0.4 is 10.1 Å². The van der Waals surface area contributed by atoms with Crippen molar-refractivity contribution in [2.45, 2.75) is 26.2 Å². The van der Waals surface area contributed by atoms with Crippen LogP contribution in [0.15, 0.2) is 84.0 Å². The standard InChI is InChI=1S/C26H27N5O3/c1-19(27-2)26(32)28-22(18-33-16-20-10-5-3-6-11-20)24-29-30-25-23(14-9-15-31(24)25)34-17-21-12-7-4-8-13-21/h3-15,22H,16-18H2,1-2H3,(H,28,32)/t22-/m1/s1. The number of pyridine rings is 1. The predicted octanol–water partition coefficient (Wildman–Crippen LogP) is 3.77. The van der Waals surface area contributed by atoms with Gasteiger partial charge in [-0.2, -0.15) is 0 Å². The molecule has 0 saturated carbocycles. The Morgan fingerprint density at radius 1 is 0.971 bits per heavy atom. The lowest BCUT2D eigenvalue weighted by atomic mass is 10.2. The van der Waals surface area contributed by atoms with Gasteiger partial charge in [0.15, 0.2) is 11.6 Å². The maximum atomic E-state index is 12.6. The van der Waals surface area contributed by atoms with Crippen molar-refractivity contribution in [2.24, 2.45) is 4.99 Å². The van der Waals surface area contributed by atoms with E-state index in [-0.39, 0.29) is 12.5 Å². The number of benzene rings is 2. The van der Waals surface area contributed by atoms with Crippen LogP contribution in [-0.4, -0.2) is 39.9 Å². The molecular weight excluding hydrogens is 430 g/mol. The van der Waals surface area contributed by atoms with E-state index in [1.807, 2.05) is 83.4 Å². The third kappa shape index (κ3) is 5.65. The van der Waals surface area contributed by atoms with Gasteiger partial charge in [-0.3, -0.25) is 14.2 Å². The first-order chi connectivity index (χ1) is 16.7. The highest BCUT2D eigenvalue weighted by atomic mass is 16.5. The summed E-state index contributed by atoms with van der Waals surface area (Å²) >= 11 is 0. The second-order valence-electron chi connectivity index (χ2n) is 7.73. The van der Waals surface area contributed by atoms with Gasteiger partial charge >= 0.3 is 0 Å². The van der Waals surface area contributed by atoms with Crippen molar-refractivity contribution < 1.29 is 14.3 Å². The largest absolute Gasteiger partial charge is 0.485 e. The quantitative estimate of drug-likeness (QED) is 0.366. The lowest BCUT2D eigenvalue weighted by Crippen LogP contribution is -2.36. The Labute approximate surface area is 198 Å². The maximum Gasteiger partial charge on any atom is 0.265 e. The minimum absolute atomic E-state index is 0.216. The van der Waals surface area contributed by atoms with Crippen molar-refractivity contribution in [3.8, 4) is 5.75 Å². The molecule has 0 bridgehead atoms. The molecule has 174 valence electrons. The summed E-state index contributed by atoms with van der Waals surface area (Å²) in [5.74, 6) is 0.862. The molecule has 2 heterocycles. The van der Waals surface area contributed by atoms with Crippen LogP contribution in [0.2, 0.25) is 0 Å². The second kappa shape index (κ2) is 11.2. The molecule has 0 aliphatic rings. The van der Waals surface area contributed by atoms with Crippen molar-refractivity contribution in [3.63, 3.8) is 0 Å². The number of amides is 1. The Morgan fingerprint density at radius 3 is 2.32 bits per heavy atom. The first-order valence-electron chi connectivity index (χ1n) is 11.0. The van der Waals surface area contributed by atoms with Gasteiger partial charge < -0.3 is 14.8 Å². The van der Waals surface area contributed by atoms with Crippen LogP contribution in [0, 0.1) is 0 Å². The number of aliphatic imine (C=N–C) groups is 1. The summed E-state index contributed by atoms with van der Waals surface area (Å²) in [5, 5.41) is 11.7. The Kier molecular flexibility index (Phi) is 7.62. The number of hydrogen-bond donors (Lipinski definition) is 1. The molecule has 2 aromatic heterocycles. The SMILES string of the molecule is CN=C(C)C(=O)N[C@H](COCc1ccccc1)c1nnc2c(OCc3ccccc3)cccn12. The number of nitrogens with zero attached hydrogens (tertiary/aromatic N) is 4. The van der Waals surface area contributed by atoms with Crippen LogP contribution in [0.4, 0.5) is 0 Å². The van der Waals surface area contributed by atoms with Gasteiger partial charge in [0.2, 0.25) is 5.65 Å². The lowest BCUT2D eigenvalue weighted by molar-refractivity contribution is -0.116. The van der Waals surface area contributed by atoms with Crippen molar-refractivity contribution in [2.75, 3.05) is 13.7 Å². The van der Waals surface area contributed by atoms with Crippen LogP contribution >= 0.6 is 0 Å². The van der Waals surface area contributed by atoms with Crippen molar-refractivity contribution in [1.82, 2.24) is 19.9 Å². The number of rotatable bonds is 10. The number of fused-ring (bicyclic) bond motifs is 1. The Hall–Kier alpha value is -4.04. The number of carbonyl (C=O) groups is 1. The summed E-state index contributed by atoms with van der Waals surface area (Å²) in [6, 6.07) is 23.0. The zero-order chi connectivity index (χ0) is 23.8. The van der Waals surface area contributed by atoms with Crippen LogP contribution in [0.25, 0.3) is 5.65 Å². The molecular formula is C26H27N5O3. The monoisotopic (exact) mass is 457 g/mol. The van der Waals surface area contributed by atoms with E-state index in [0.717, 1.165) is 11.1 Å². The number of aromatic nitrogens is 3. The normalized spacial score (nSPS) is 12.5. The fraction of sp³-hybridized carbons (Fsp3) is 0.231. The Balaban J connectivity index is 1.56. The van der Waals surface area contributed by atoms with Gasteiger partial charge in [-0.1, -0.05) is 60.7 Å². The highest BCUT2D eigenvalue weighted by Gasteiger charge is 2.23.